The van der Waals surface area contributed by atoms with Crippen molar-refractivity contribution in [2.24, 2.45) is 0 Å². The van der Waals surface area contributed by atoms with Crippen molar-refractivity contribution in [3.8, 4) is 5.82 Å². The van der Waals surface area contributed by atoms with Gasteiger partial charge in [-0.2, -0.15) is 5.10 Å². The van der Waals surface area contributed by atoms with Crippen LogP contribution in [0.3, 0.4) is 0 Å². The summed E-state index contributed by atoms with van der Waals surface area (Å²) in [4.78, 5) is 8.32. The van der Waals surface area contributed by atoms with Gasteiger partial charge in [0.1, 0.15) is 12.7 Å². The van der Waals surface area contributed by atoms with Crippen LogP contribution in [0.15, 0.2) is 49.4 Å². The number of pyridine rings is 1. The Balaban J connectivity index is 1.73. The minimum Gasteiger partial charge on any atom is -0.378 e. The average molecular weight is 282 g/mol. The molecular weight excluding hydrogens is 264 g/mol. The Morgan fingerprint density at radius 2 is 2.24 bits per heavy atom. The molecule has 0 saturated carbocycles. The van der Waals surface area contributed by atoms with Crippen LogP contribution < -0.4 is 5.32 Å². The zero-order valence-electron chi connectivity index (χ0n) is 12.0. The van der Waals surface area contributed by atoms with Crippen molar-refractivity contribution in [1.82, 2.24) is 24.3 Å². The van der Waals surface area contributed by atoms with Gasteiger partial charge in [-0.15, -0.1) is 0 Å². The molecule has 0 atom stereocenters. The van der Waals surface area contributed by atoms with Gasteiger partial charge in [0.15, 0.2) is 5.82 Å². The number of hydrogen-bond donors (Lipinski definition) is 1. The molecule has 0 amide bonds. The maximum absolute atomic E-state index is 4.36. The second kappa shape index (κ2) is 6.21. The van der Waals surface area contributed by atoms with Crippen LogP contribution >= 0.6 is 0 Å². The molecule has 3 aromatic rings. The van der Waals surface area contributed by atoms with Crippen molar-refractivity contribution < 1.29 is 0 Å². The lowest BCUT2D eigenvalue weighted by molar-refractivity contribution is 0.681. The van der Waals surface area contributed by atoms with E-state index < -0.39 is 0 Å². The summed E-state index contributed by atoms with van der Waals surface area (Å²) < 4.78 is 3.86. The number of anilines is 1. The highest BCUT2D eigenvalue weighted by atomic mass is 15.3. The molecule has 0 fully saturated rings. The van der Waals surface area contributed by atoms with E-state index in [9.17, 15) is 0 Å². The first-order valence-corrected chi connectivity index (χ1v) is 7.05. The lowest BCUT2D eigenvalue weighted by Crippen LogP contribution is -2.06. The third-order valence-electron chi connectivity index (χ3n) is 3.20. The van der Waals surface area contributed by atoms with Gasteiger partial charge in [-0.1, -0.05) is 6.92 Å². The zero-order chi connectivity index (χ0) is 14.5. The maximum Gasteiger partial charge on any atom is 0.178 e. The van der Waals surface area contributed by atoms with Crippen LogP contribution in [0.4, 0.5) is 5.69 Å². The summed E-state index contributed by atoms with van der Waals surface area (Å²) in [5.41, 5.74) is 2.18. The quantitative estimate of drug-likeness (QED) is 0.754. The van der Waals surface area contributed by atoms with Gasteiger partial charge in [0.2, 0.25) is 0 Å². The van der Waals surface area contributed by atoms with Gasteiger partial charge < -0.3 is 9.88 Å². The van der Waals surface area contributed by atoms with Crippen LogP contribution in [-0.4, -0.2) is 24.3 Å². The third kappa shape index (κ3) is 3.10. The molecule has 3 rings (SSSR count). The van der Waals surface area contributed by atoms with Crippen molar-refractivity contribution in [2.75, 3.05) is 5.32 Å². The van der Waals surface area contributed by atoms with E-state index in [1.165, 1.54) is 11.9 Å². The molecule has 108 valence electrons. The van der Waals surface area contributed by atoms with Gasteiger partial charge in [-0.25, -0.2) is 14.6 Å². The molecule has 6 heteroatoms. The molecule has 0 aliphatic rings. The maximum atomic E-state index is 4.36. The van der Waals surface area contributed by atoms with Gasteiger partial charge in [-0.05, 0) is 30.2 Å². The summed E-state index contributed by atoms with van der Waals surface area (Å²) in [6.45, 7) is 3.99. The molecule has 0 saturated heterocycles. The van der Waals surface area contributed by atoms with Crippen LogP contribution in [0.25, 0.3) is 5.82 Å². The van der Waals surface area contributed by atoms with E-state index in [-0.39, 0.29) is 0 Å². The predicted molar refractivity (Wildman–Crippen MR) is 81.2 cm³/mol. The highest BCUT2D eigenvalue weighted by molar-refractivity contribution is 5.56. The van der Waals surface area contributed by atoms with E-state index in [1.54, 1.807) is 17.2 Å². The lowest BCUT2D eigenvalue weighted by atomic mass is 10.3. The fraction of sp³-hybridized carbons (Fsp3) is 0.267. The molecular formula is C15H18N6. The van der Waals surface area contributed by atoms with Crippen LogP contribution in [-0.2, 0) is 13.1 Å². The fourth-order valence-electron chi connectivity index (χ4n) is 2.22. The molecule has 0 bridgehead atoms. The molecule has 0 aliphatic heterocycles. The van der Waals surface area contributed by atoms with Gasteiger partial charge in [0.25, 0.3) is 0 Å². The van der Waals surface area contributed by atoms with Crippen molar-refractivity contribution in [3.63, 3.8) is 0 Å². The van der Waals surface area contributed by atoms with Gasteiger partial charge in [0, 0.05) is 31.7 Å². The molecule has 0 aromatic carbocycles. The van der Waals surface area contributed by atoms with E-state index in [0.29, 0.717) is 0 Å². The standard InChI is InChI=1S/C15H18N6/c1-2-7-20-8-5-13(10-20)9-18-14-4-3-6-17-15(14)21-12-16-11-19-21/h3-6,8,10-12,18H,2,7,9H2,1H3. The van der Waals surface area contributed by atoms with Crippen LogP contribution in [0, 0.1) is 0 Å². The summed E-state index contributed by atoms with van der Waals surface area (Å²) in [5.74, 6) is 0.753. The summed E-state index contributed by atoms with van der Waals surface area (Å²) in [6, 6.07) is 6.03. The Hall–Kier alpha value is -2.63. The number of aromatic nitrogens is 5. The Morgan fingerprint density at radius 3 is 3.05 bits per heavy atom. The largest absolute Gasteiger partial charge is 0.378 e. The van der Waals surface area contributed by atoms with E-state index in [2.05, 4.69) is 50.3 Å². The Kier molecular flexibility index (Phi) is 3.95. The van der Waals surface area contributed by atoms with Crippen molar-refractivity contribution in [3.05, 3.63) is 55.0 Å². The van der Waals surface area contributed by atoms with Crippen molar-refractivity contribution in [1.29, 1.82) is 0 Å². The summed E-state index contributed by atoms with van der Waals surface area (Å²) in [5, 5.41) is 7.54. The minimum atomic E-state index is 0.753. The second-order valence-corrected chi connectivity index (χ2v) is 4.83. The lowest BCUT2D eigenvalue weighted by Gasteiger charge is -2.09. The first-order valence-electron chi connectivity index (χ1n) is 7.05. The van der Waals surface area contributed by atoms with Gasteiger partial charge in [-0.3, -0.25) is 0 Å². The number of hydrogen-bond acceptors (Lipinski definition) is 4. The molecule has 0 unspecified atom stereocenters. The molecule has 6 nitrogen and oxygen atoms in total. The highest BCUT2D eigenvalue weighted by Crippen LogP contribution is 2.17. The van der Waals surface area contributed by atoms with Gasteiger partial charge in [0.05, 0.1) is 5.69 Å². The molecule has 0 spiro atoms. The minimum absolute atomic E-state index is 0.753. The van der Waals surface area contributed by atoms with E-state index in [0.717, 1.165) is 31.0 Å². The van der Waals surface area contributed by atoms with E-state index >= 15 is 0 Å². The second-order valence-electron chi connectivity index (χ2n) is 4.83. The highest BCUT2D eigenvalue weighted by Gasteiger charge is 2.06. The Morgan fingerprint density at radius 1 is 1.29 bits per heavy atom. The van der Waals surface area contributed by atoms with Crippen LogP contribution in [0.5, 0.6) is 0 Å². The third-order valence-corrected chi connectivity index (χ3v) is 3.20. The van der Waals surface area contributed by atoms with Crippen LogP contribution in [0.2, 0.25) is 0 Å². The van der Waals surface area contributed by atoms with Crippen molar-refractivity contribution in [2.45, 2.75) is 26.4 Å². The predicted octanol–water partition coefficient (Wildman–Crippen LogP) is 2.49. The van der Waals surface area contributed by atoms with Crippen molar-refractivity contribution >= 4 is 5.69 Å². The first-order chi connectivity index (χ1) is 10.4. The Bertz CT molecular complexity index is 686. The number of rotatable bonds is 6. The first kappa shape index (κ1) is 13.4. The summed E-state index contributed by atoms with van der Waals surface area (Å²) in [7, 11) is 0. The molecule has 3 heterocycles. The molecule has 1 N–H and O–H groups in total. The summed E-state index contributed by atoms with van der Waals surface area (Å²) >= 11 is 0. The topological polar surface area (TPSA) is 60.6 Å². The SMILES string of the molecule is CCCn1ccc(CNc2cccnc2-n2cncn2)c1. The summed E-state index contributed by atoms with van der Waals surface area (Å²) in [6.07, 6.45) is 10.3. The molecule has 21 heavy (non-hydrogen) atoms. The molecule has 0 radical (unpaired) electrons. The normalized spacial score (nSPS) is 10.7. The average Bonchev–Trinajstić information content (AvgIpc) is 3.17. The monoisotopic (exact) mass is 282 g/mol. The molecule has 3 aromatic heterocycles. The molecule has 0 aliphatic carbocycles. The van der Waals surface area contributed by atoms with E-state index in [1.807, 2.05) is 12.1 Å². The fourth-order valence-corrected chi connectivity index (χ4v) is 2.22. The Labute approximate surface area is 123 Å². The number of nitrogens with one attached hydrogen (secondary N) is 1. The number of aryl methyl sites for hydroxylation is 1. The van der Waals surface area contributed by atoms with E-state index in [4.69, 9.17) is 0 Å². The smallest absolute Gasteiger partial charge is 0.178 e. The van der Waals surface area contributed by atoms with Crippen LogP contribution in [0.1, 0.15) is 18.9 Å². The van der Waals surface area contributed by atoms with Gasteiger partial charge >= 0.3 is 0 Å². The number of nitrogens with zero attached hydrogens (tertiary/aromatic N) is 5. The zero-order valence-corrected chi connectivity index (χ0v) is 12.0.